The minimum Gasteiger partial charge on any atom is -0.443 e. The second kappa shape index (κ2) is 20.8. The number of amides is 2. The molecule has 1 aromatic heterocycles. The van der Waals surface area contributed by atoms with Crippen molar-refractivity contribution in [1.29, 1.82) is 0 Å². The summed E-state index contributed by atoms with van der Waals surface area (Å²) in [6, 6.07) is 5.69. The van der Waals surface area contributed by atoms with Crippen LogP contribution in [0, 0.1) is 0 Å². The summed E-state index contributed by atoms with van der Waals surface area (Å²) < 4.78 is 24.9. The number of aryl methyl sites for hydroxylation is 1. The lowest BCUT2D eigenvalue weighted by atomic mass is 10.0. The summed E-state index contributed by atoms with van der Waals surface area (Å²) in [6.07, 6.45) is 19.6. The van der Waals surface area contributed by atoms with Gasteiger partial charge in [-0.15, -0.1) is 0 Å². The van der Waals surface area contributed by atoms with Gasteiger partial charge in [0, 0.05) is 25.7 Å². The highest BCUT2D eigenvalue weighted by molar-refractivity contribution is 5.90. The number of hydrogen-bond donors (Lipinski definition) is 0. The van der Waals surface area contributed by atoms with Crippen molar-refractivity contribution >= 4 is 12.0 Å². The third-order valence-electron chi connectivity index (χ3n) is 7.49. The van der Waals surface area contributed by atoms with Crippen LogP contribution in [0.3, 0.4) is 0 Å². The summed E-state index contributed by atoms with van der Waals surface area (Å²) in [5.74, 6) is -1.50. The standard InChI is InChI=1S/C32H55N2O6/c1-4-6-7-8-9-10-11-12-13-14-15-16-17-20-23-37-27-32(39-24-25-40-32)28-38-31(36)34(29(3)35)26-30-21-18-19-22-33(30)5-2/h18-19,21-22H,4-17,20,23-28H2,1-3H3/q+1. The molecule has 1 fully saturated rings. The second-order valence-corrected chi connectivity index (χ2v) is 10.9. The zero-order valence-electron chi connectivity index (χ0n) is 25.5. The first-order chi connectivity index (χ1) is 19.5. The third-order valence-corrected chi connectivity index (χ3v) is 7.49. The molecule has 2 rings (SSSR count). The second-order valence-electron chi connectivity index (χ2n) is 10.9. The van der Waals surface area contributed by atoms with Crippen molar-refractivity contribution in [1.82, 2.24) is 4.90 Å². The summed E-state index contributed by atoms with van der Waals surface area (Å²) in [7, 11) is 0. The lowest BCUT2D eigenvalue weighted by Crippen LogP contribution is -2.46. The molecule has 0 atom stereocenters. The van der Waals surface area contributed by atoms with E-state index in [2.05, 4.69) is 6.92 Å². The van der Waals surface area contributed by atoms with E-state index in [0.717, 1.165) is 30.0 Å². The molecule has 0 saturated carbocycles. The van der Waals surface area contributed by atoms with Crippen molar-refractivity contribution in [3.05, 3.63) is 30.1 Å². The number of carbonyl (C=O) groups excluding carboxylic acids is 2. The van der Waals surface area contributed by atoms with E-state index in [0.29, 0.717) is 19.8 Å². The fourth-order valence-corrected chi connectivity index (χ4v) is 5.01. The van der Waals surface area contributed by atoms with E-state index in [1.165, 1.54) is 84.0 Å². The van der Waals surface area contributed by atoms with Gasteiger partial charge in [-0.2, -0.15) is 0 Å². The molecular formula is C32H55N2O6+. The number of hydrogen-bond acceptors (Lipinski definition) is 6. The summed E-state index contributed by atoms with van der Waals surface area (Å²) in [6.45, 7) is 8.01. The average Bonchev–Trinajstić information content (AvgIpc) is 3.43. The summed E-state index contributed by atoms with van der Waals surface area (Å²) in [5, 5.41) is 0. The maximum atomic E-state index is 12.8. The Labute approximate surface area is 242 Å². The first kappa shape index (κ1) is 34.2. The Balaban J connectivity index is 1.59. The number of unbranched alkanes of at least 4 members (excludes halogenated alkanes) is 13. The molecule has 1 saturated heterocycles. The summed E-state index contributed by atoms with van der Waals surface area (Å²) >= 11 is 0. The van der Waals surface area contributed by atoms with Crippen LogP contribution in [0.15, 0.2) is 24.4 Å². The topological polar surface area (TPSA) is 78.2 Å². The number of aromatic nitrogens is 1. The van der Waals surface area contributed by atoms with Crippen molar-refractivity contribution in [2.45, 2.75) is 130 Å². The van der Waals surface area contributed by atoms with Crippen LogP contribution in [0.2, 0.25) is 0 Å². The Morgan fingerprint density at radius 1 is 0.850 bits per heavy atom. The van der Waals surface area contributed by atoms with Gasteiger partial charge in [0.25, 0.3) is 0 Å². The fourth-order valence-electron chi connectivity index (χ4n) is 5.01. The molecule has 40 heavy (non-hydrogen) atoms. The smallest absolute Gasteiger partial charge is 0.417 e. The van der Waals surface area contributed by atoms with Crippen LogP contribution in [0.1, 0.15) is 116 Å². The molecule has 0 bridgehead atoms. The highest BCUT2D eigenvalue weighted by Gasteiger charge is 2.39. The molecule has 0 spiro atoms. The molecule has 0 aliphatic carbocycles. The number of rotatable bonds is 22. The van der Waals surface area contributed by atoms with E-state index in [1.54, 1.807) is 0 Å². The van der Waals surface area contributed by atoms with Crippen molar-refractivity contribution in [3.8, 4) is 0 Å². The minimum atomic E-state index is -1.12. The number of ether oxygens (including phenoxy) is 4. The Hall–Kier alpha value is -2.03. The Morgan fingerprint density at radius 3 is 1.98 bits per heavy atom. The highest BCUT2D eigenvalue weighted by Crippen LogP contribution is 2.22. The molecule has 0 N–H and O–H groups in total. The van der Waals surface area contributed by atoms with E-state index < -0.39 is 11.9 Å². The largest absolute Gasteiger partial charge is 0.443 e. The zero-order chi connectivity index (χ0) is 28.9. The quantitative estimate of drug-likeness (QED) is 0.115. The molecule has 2 heterocycles. The number of pyridine rings is 1. The number of imide groups is 1. The van der Waals surface area contributed by atoms with E-state index in [1.807, 2.05) is 35.9 Å². The van der Waals surface area contributed by atoms with Crippen LogP contribution < -0.4 is 4.57 Å². The van der Waals surface area contributed by atoms with Gasteiger partial charge in [0.05, 0.1) is 13.2 Å². The molecule has 0 aromatic carbocycles. The molecule has 1 aliphatic heterocycles. The Bertz CT molecular complexity index is 827. The zero-order valence-corrected chi connectivity index (χ0v) is 25.5. The van der Waals surface area contributed by atoms with E-state index >= 15 is 0 Å². The molecule has 1 aromatic rings. The molecule has 2 amide bonds. The molecule has 228 valence electrons. The lowest BCUT2D eigenvalue weighted by Gasteiger charge is -2.27. The van der Waals surface area contributed by atoms with Crippen LogP contribution in [0.5, 0.6) is 0 Å². The van der Waals surface area contributed by atoms with E-state index in [9.17, 15) is 9.59 Å². The first-order valence-corrected chi connectivity index (χ1v) is 15.8. The molecule has 8 nitrogen and oxygen atoms in total. The van der Waals surface area contributed by atoms with Crippen LogP contribution in [0.25, 0.3) is 0 Å². The number of carbonyl (C=O) groups is 2. The SMILES string of the molecule is CCCCCCCCCCCCCCCCOCC1(COC(=O)N(Cc2cccc[n+]2CC)C(C)=O)OCCO1. The predicted octanol–water partition coefficient (Wildman–Crippen LogP) is 6.72. The maximum absolute atomic E-state index is 12.8. The first-order valence-electron chi connectivity index (χ1n) is 15.8. The maximum Gasteiger partial charge on any atom is 0.417 e. The van der Waals surface area contributed by atoms with Crippen molar-refractivity contribution in [2.24, 2.45) is 0 Å². The number of nitrogens with zero attached hydrogens (tertiary/aromatic N) is 2. The van der Waals surface area contributed by atoms with Crippen molar-refractivity contribution in [2.75, 3.05) is 33.0 Å². The predicted molar refractivity (Wildman–Crippen MR) is 156 cm³/mol. The van der Waals surface area contributed by atoms with Gasteiger partial charge >= 0.3 is 6.09 Å². The van der Waals surface area contributed by atoms with E-state index in [-0.39, 0.29) is 25.7 Å². The van der Waals surface area contributed by atoms with Crippen LogP contribution >= 0.6 is 0 Å². The molecule has 0 radical (unpaired) electrons. The monoisotopic (exact) mass is 563 g/mol. The normalized spacial score (nSPS) is 14.4. The van der Waals surface area contributed by atoms with Gasteiger partial charge < -0.3 is 18.9 Å². The molecule has 8 heteroatoms. The van der Waals surface area contributed by atoms with Crippen molar-refractivity contribution in [3.63, 3.8) is 0 Å². The van der Waals surface area contributed by atoms with Gasteiger partial charge in [0.1, 0.15) is 26.3 Å². The van der Waals surface area contributed by atoms with Crippen LogP contribution in [-0.4, -0.2) is 55.7 Å². The Kier molecular flexibility index (Phi) is 17.8. The third kappa shape index (κ3) is 13.6. The van der Waals surface area contributed by atoms with Gasteiger partial charge in [-0.05, 0) is 13.3 Å². The highest BCUT2D eigenvalue weighted by atomic mass is 16.8. The van der Waals surface area contributed by atoms with Gasteiger partial charge in [0.2, 0.25) is 17.4 Å². The average molecular weight is 564 g/mol. The van der Waals surface area contributed by atoms with Gasteiger partial charge in [0.15, 0.2) is 6.20 Å². The fraction of sp³-hybridized carbons (Fsp3) is 0.781. The minimum absolute atomic E-state index is 0.128. The van der Waals surface area contributed by atoms with Gasteiger partial charge in [-0.25, -0.2) is 14.3 Å². The lowest BCUT2D eigenvalue weighted by molar-refractivity contribution is -0.701. The molecular weight excluding hydrogens is 508 g/mol. The van der Waals surface area contributed by atoms with Gasteiger partial charge in [-0.1, -0.05) is 96.5 Å². The van der Waals surface area contributed by atoms with Crippen LogP contribution in [-0.2, 0) is 36.8 Å². The van der Waals surface area contributed by atoms with Gasteiger partial charge in [-0.3, -0.25) is 4.79 Å². The Morgan fingerprint density at radius 2 is 1.43 bits per heavy atom. The molecule has 0 unspecified atom stereocenters. The van der Waals surface area contributed by atoms with Crippen LogP contribution in [0.4, 0.5) is 4.79 Å². The summed E-state index contributed by atoms with van der Waals surface area (Å²) in [4.78, 5) is 26.2. The van der Waals surface area contributed by atoms with E-state index in [4.69, 9.17) is 18.9 Å². The summed E-state index contributed by atoms with van der Waals surface area (Å²) in [5.41, 5.74) is 0.844. The van der Waals surface area contributed by atoms with Crippen molar-refractivity contribution < 1.29 is 33.1 Å². The molecule has 1 aliphatic rings.